The van der Waals surface area contributed by atoms with Crippen molar-refractivity contribution in [3.05, 3.63) is 37.2 Å². The standard InChI is InChI=1S/C11H10BrClN2OS/c1-6-8(11(13)15(2)14-6)4-9(16)7-3-10(12)17-5-7/h3,5H,4H2,1-2H3. The minimum Gasteiger partial charge on any atom is -0.294 e. The van der Waals surface area contributed by atoms with E-state index in [-0.39, 0.29) is 5.78 Å². The Bertz CT molecular complexity index is 576. The minimum absolute atomic E-state index is 0.0601. The molecule has 0 saturated heterocycles. The molecule has 0 unspecified atom stereocenters. The van der Waals surface area contributed by atoms with E-state index < -0.39 is 0 Å². The molecule has 17 heavy (non-hydrogen) atoms. The number of aromatic nitrogens is 2. The summed E-state index contributed by atoms with van der Waals surface area (Å²) < 4.78 is 2.54. The third kappa shape index (κ3) is 2.61. The topological polar surface area (TPSA) is 34.9 Å². The second kappa shape index (κ2) is 4.92. The molecule has 0 radical (unpaired) electrons. The number of Topliss-reactive ketones (excluding diaryl/α,β-unsaturated/α-hetero) is 1. The second-order valence-electron chi connectivity index (χ2n) is 3.72. The summed E-state index contributed by atoms with van der Waals surface area (Å²) in [5, 5.41) is 6.56. The smallest absolute Gasteiger partial charge is 0.168 e. The summed E-state index contributed by atoms with van der Waals surface area (Å²) in [6.07, 6.45) is 0.293. The fourth-order valence-electron chi connectivity index (χ4n) is 1.59. The highest BCUT2D eigenvalue weighted by Crippen LogP contribution is 2.24. The quantitative estimate of drug-likeness (QED) is 0.804. The van der Waals surface area contributed by atoms with Gasteiger partial charge in [-0.2, -0.15) is 5.10 Å². The number of hydrogen-bond acceptors (Lipinski definition) is 3. The molecule has 90 valence electrons. The molecule has 6 heteroatoms. The number of ketones is 1. The van der Waals surface area contributed by atoms with E-state index in [1.165, 1.54) is 11.3 Å². The van der Waals surface area contributed by atoms with Crippen molar-refractivity contribution in [1.82, 2.24) is 9.78 Å². The van der Waals surface area contributed by atoms with Gasteiger partial charge in [-0.3, -0.25) is 9.48 Å². The van der Waals surface area contributed by atoms with Crippen LogP contribution in [0, 0.1) is 6.92 Å². The van der Waals surface area contributed by atoms with E-state index in [0.717, 1.165) is 15.0 Å². The third-order valence-corrected chi connectivity index (χ3v) is 4.47. The Kier molecular flexibility index (Phi) is 3.70. The molecular weight excluding hydrogens is 324 g/mol. The van der Waals surface area contributed by atoms with Crippen LogP contribution in [0.3, 0.4) is 0 Å². The summed E-state index contributed by atoms with van der Waals surface area (Å²) in [4.78, 5) is 12.0. The highest BCUT2D eigenvalue weighted by atomic mass is 79.9. The van der Waals surface area contributed by atoms with Gasteiger partial charge in [-0.1, -0.05) is 11.6 Å². The van der Waals surface area contributed by atoms with Gasteiger partial charge in [0.05, 0.1) is 9.48 Å². The zero-order valence-electron chi connectivity index (χ0n) is 9.33. The zero-order valence-corrected chi connectivity index (χ0v) is 12.5. The Morgan fingerprint density at radius 2 is 2.35 bits per heavy atom. The lowest BCUT2D eigenvalue weighted by Gasteiger charge is -1.98. The largest absolute Gasteiger partial charge is 0.294 e. The lowest BCUT2D eigenvalue weighted by atomic mass is 10.1. The maximum atomic E-state index is 12.0. The van der Waals surface area contributed by atoms with Crippen LogP contribution >= 0.6 is 38.9 Å². The molecular formula is C11H10BrClN2OS. The van der Waals surface area contributed by atoms with Crippen molar-refractivity contribution in [3.63, 3.8) is 0 Å². The highest BCUT2D eigenvalue weighted by molar-refractivity contribution is 9.11. The van der Waals surface area contributed by atoms with Crippen molar-refractivity contribution < 1.29 is 4.79 Å². The molecule has 0 aliphatic heterocycles. The number of carbonyl (C=O) groups excluding carboxylic acids is 1. The molecule has 2 aromatic rings. The van der Waals surface area contributed by atoms with Gasteiger partial charge >= 0.3 is 0 Å². The monoisotopic (exact) mass is 332 g/mol. The van der Waals surface area contributed by atoms with Gasteiger partial charge in [0.1, 0.15) is 5.15 Å². The van der Waals surface area contributed by atoms with Crippen LogP contribution < -0.4 is 0 Å². The van der Waals surface area contributed by atoms with Crippen LogP contribution in [0.2, 0.25) is 5.15 Å². The molecule has 0 aromatic carbocycles. The Labute approximate surface area is 117 Å². The molecule has 0 aliphatic carbocycles. The van der Waals surface area contributed by atoms with Crippen molar-refractivity contribution in [3.8, 4) is 0 Å². The molecule has 3 nitrogen and oxygen atoms in total. The van der Waals surface area contributed by atoms with Crippen LogP contribution in [0.4, 0.5) is 0 Å². The van der Waals surface area contributed by atoms with Crippen molar-refractivity contribution in [2.24, 2.45) is 7.05 Å². The summed E-state index contributed by atoms with van der Waals surface area (Å²) >= 11 is 10.9. The molecule has 0 amide bonds. The summed E-state index contributed by atoms with van der Waals surface area (Å²) in [7, 11) is 1.77. The van der Waals surface area contributed by atoms with Gasteiger partial charge in [-0.05, 0) is 28.9 Å². The second-order valence-corrected chi connectivity index (χ2v) is 6.37. The van der Waals surface area contributed by atoms with Gasteiger partial charge in [0.2, 0.25) is 0 Å². The molecule has 2 rings (SSSR count). The van der Waals surface area contributed by atoms with Crippen LogP contribution in [0.5, 0.6) is 0 Å². The van der Waals surface area contributed by atoms with Gasteiger partial charge in [-0.15, -0.1) is 11.3 Å². The van der Waals surface area contributed by atoms with Crippen LogP contribution in [-0.2, 0) is 13.5 Å². The molecule has 0 fully saturated rings. The maximum Gasteiger partial charge on any atom is 0.168 e. The zero-order chi connectivity index (χ0) is 12.6. The van der Waals surface area contributed by atoms with Crippen molar-refractivity contribution >= 4 is 44.7 Å². The van der Waals surface area contributed by atoms with E-state index in [0.29, 0.717) is 17.1 Å². The first kappa shape index (κ1) is 12.8. The number of aryl methyl sites for hydroxylation is 2. The third-order valence-electron chi connectivity index (χ3n) is 2.50. The molecule has 0 saturated carbocycles. The normalized spacial score (nSPS) is 10.8. The van der Waals surface area contributed by atoms with Gasteiger partial charge in [-0.25, -0.2) is 0 Å². The van der Waals surface area contributed by atoms with E-state index in [4.69, 9.17) is 11.6 Å². The lowest BCUT2D eigenvalue weighted by Crippen LogP contribution is -2.03. The number of halogens is 2. The lowest BCUT2D eigenvalue weighted by molar-refractivity contribution is 0.0993. The maximum absolute atomic E-state index is 12.0. The van der Waals surface area contributed by atoms with Crippen LogP contribution in [0.15, 0.2) is 15.2 Å². The predicted molar refractivity (Wildman–Crippen MR) is 73.0 cm³/mol. The highest BCUT2D eigenvalue weighted by Gasteiger charge is 2.16. The fraction of sp³-hybridized carbons (Fsp3) is 0.273. The molecule has 0 N–H and O–H groups in total. The van der Waals surface area contributed by atoms with Crippen molar-refractivity contribution in [2.45, 2.75) is 13.3 Å². The Hall–Kier alpha value is -0.650. The summed E-state index contributed by atoms with van der Waals surface area (Å²) in [5.41, 5.74) is 2.32. The number of nitrogens with zero attached hydrogens (tertiary/aromatic N) is 2. The molecule has 0 aliphatic rings. The Morgan fingerprint density at radius 1 is 1.65 bits per heavy atom. The van der Waals surface area contributed by atoms with Crippen LogP contribution in [-0.4, -0.2) is 15.6 Å². The number of thiophene rings is 1. The van der Waals surface area contributed by atoms with Crippen LogP contribution in [0.1, 0.15) is 21.6 Å². The van der Waals surface area contributed by atoms with Gasteiger partial charge in [0, 0.05) is 30.0 Å². The number of carbonyl (C=O) groups is 1. The average molecular weight is 334 g/mol. The summed E-state index contributed by atoms with van der Waals surface area (Å²) in [6.45, 7) is 1.86. The first-order valence-corrected chi connectivity index (χ1v) is 6.99. The van der Waals surface area contributed by atoms with Crippen molar-refractivity contribution in [2.75, 3.05) is 0 Å². The number of hydrogen-bond donors (Lipinski definition) is 0. The molecule has 2 heterocycles. The summed E-state index contributed by atoms with van der Waals surface area (Å²) in [5.74, 6) is 0.0601. The Morgan fingerprint density at radius 3 is 2.82 bits per heavy atom. The van der Waals surface area contributed by atoms with E-state index >= 15 is 0 Å². The van der Waals surface area contributed by atoms with Crippen LogP contribution in [0.25, 0.3) is 0 Å². The van der Waals surface area contributed by atoms with E-state index in [2.05, 4.69) is 21.0 Å². The SMILES string of the molecule is Cc1nn(C)c(Cl)c1CC(=O)c1csc(Br)c1. The van der Waals surface area contributed by atoms with Crippen molar-refractivity contribution in [1.29, 1.82) is 0 Å². The summed E-state index contributed by atoms with van der Waals surface area (Å²) in [6, 6.07) is 1.83. The average Bonchev–Trinajstić information content (AvgIpc) is 2.79. The van der Waals surface area contributed by atoms with Gasteiger partial charge in [0.25, 0.3) is 0 Å². The van der Waals surface area contributed by atoms with E-state index in [1.54, 1.807) is 11.7 Å². The molecule has 0 atom stereocenters. The van der Waals surface area contributed by atoms with Gasteiger partial charge < -0.3 is 0 Å². The van der Waals surface area contributed by atoms with E-state index in [9.17, 15) is 4.79 Å². The predicted octanol–water partition coefficient (Wildman–Crippen LogP) is 3.63. The molecule has 2 aromatic heterocycles. The van der Waals surface area contributed by atoms with Gasteiger partial charge in [0.15, 0.2) is 5.78 Å². The number of rotatable bonds is 3. The Balaban J connectivity index is 2.24. The fourth-order valence-corrected chi connectivity index (χ4v) is 3.00. The first-order chi connectivity index (χ1) is 7.99. The molecule has 0 bridgehead atoms. The first-order valence-electron chi connectivity index (χ1n) is 4.94. The minimum atomic E-state index is 0.0601. The van der Waals surface area contributed by atoms with E-state index in [1.807, 2.05) is 18.4 Å². The molecule has 0 spiro atoms.